The lowest BCUT2D eigenvalue weighted by Gasteiger charge is -2.40. The quantitative estimate of drug-likeness (QED) is 0.866. The first-order valence-corrected chi connectivity index (χ1v) is 9.02. The van der Waals surface area contributed by atoms with Gasteiger partial charge < -0.3 is 10.2 Å². The lowest BCUT2D eigenvalue weighted by molar-refractivity contribution is 0.423. The van der Waals surface area contributed by atoms with Gasteiger partial charge in [0, 0.05) is 31.7 Å². The van der Waals surface area contributed by atoms with Gasteiger partial charge >= 0.3 is 0 Å². The van der Waals surface area contributed by atoms with Crippen molar-refractivity contribution in [3.63, 3.8) is 0 Å². The van der Waals surface area contributed by atoms with Crippen LogP contribution in [0.3, 0.4) is 0 Å². The van der Waals surface area contributed by atoms with E-state index in [9.17, 15) is 8.42 Å². The summed E-state index contributed by atoms with van der Waals surface area (Å²) in [6.45, 7) is 8.31. The zero-order valence-corrected chi connectivity index (χ0v) is 13.8. The third kappa shape index (κ3) is 3.75. The first-order valence-electron chi connectivity index (χ1n) is 7.54. The summed E-state index contributed by atoms with van der Waals surface area (Å²) >= 11 is 0. The summed E-state index contributed by atoms with van der Waals surface area (Å²) in [4.78, 5) is 2.56. The van der Waals surface area contributed by atoms with Gasteiger partial charge in [-0.1, -0.05) is 19.1 Å². The second-order valence-corrected chi connectivity index (χ2v) is 7.41. The first-order chi connectivity index (χ1) is 9.95. The number of piperazine rings is 1. The average Bonchev–Trinajstić information content (AvgIpc) is 2.48. The van der Waals surface area contributed by atoms with Crippen molar-refractivity contribution in [3.8, 4) is 0 Å². The van der Waals surface area contributed by atoms with E-state index in [-0.39, 0.29) is 6.04 Å². The maximum atomic E-state index is 12.5. The molecule has 2 atom stereocenters. The average molecular weight is 311 g/mol. The van der Waals surface area contributed by atoms with Gasteiger partial charge in [-0.15, -0.1) is 0 Å². The van der Waals surface area contributed by atoms with E-state index in [1.165, 1.54) is 0 Å². The molecule has 2 unspecified atom stereocenters. The largest absolute Gasteiger partial charge is 0.365 e. The summed E-state index contributed by atoms with van der Waals surface area (Å²) in [6.07, 6.45) is 0.780. The Morgan fingerprint density at radius 3 is 2.76 bits per heavy atom. The third-order valence-corrected chi connectivity index (χ3v) is 5.28. The highest BCUT2D eigenvalue weighted by Crippen LogP contribution is 2.27. The zero-order chi connectivity index (χ0) is 15.5. The molecule has 0 aromatic heterocycles. The Morgan fingerprint density at radius 1 is 1.33 bits per heavy atom. The van der Waals surface area contributed by atoms with E-state index in [1.54, 1.807) is 12.1 Å². The van der Waals surface area contributed by atoms with Crippen LogP contribution in [0.2, 0.25) is 0 Å². The molecule has 1 aromatic carbocycles. The molecule has 1 aromatic rings. The van der Waals surface area contributed by atoms with Gasteiger partial charge in [0.05, 0.1) is 5.69 Å². The second kappa shape index (κ2) is 6.77. The van der Waals surface area contributed by atoms with Crippen LogP contribution in [0.25, 0.3) is 0 Å². The fourth-order valence-electron chi connectivity index (χ4n) is 2.59. The van der Waals surface area contributed by atoms with Crippen molar-refractivity contribution in [1.82, 2.24) is 10.0 Å². The molecule has 6 heteroatoms. The molecular weight excluding hydrogens is 286 g/mol. The van der Waals surface area contributed by atoms with E-state index < -0.39 is 10.0 Å². The van der Waals surface area contributed by atoms with Crippen molar-refractivity contribution in [1.29, 1.82) is 0 Å². The van der Waals surface area contributed by atoms with E-state index in [0.717, 1.165) is 25.2 Å². The number of hydrogen-bond acceptors (Lipinski definition) is 4. The van der Waals surface area contributed by atoms with Crippen LogP contribution in [0.5, 0.6) is 0 Å². The van der Waals surface area contributed by atoms with Crippen molar-refractivity contribution in [2.24, 2.45) is 0 Å². The number of anilines is 1. The summed E-state index contributed by atoms with van der Waals surface area (Å²) in [7, 11) is -3.46. The lowest BCUT2D eigenvalue weighted by atomic mass is 10.1. The van der Waals surface area contributed by atoms with E-state index in [1.807, 2.05) is 19.1 Å². The van der Waals surface area contributed by atoms with Crippen molar-refractivity contribution < 1.29 is 8.42 Å². The number of para-hydroxylation sites is 1. The Balaban J connectivity index is 2.36. The molecule has 2 rings (SSSR count). The van der Waals surface area contributed by atoms with Gasteiger partial charge in [-0.2, -0.15) is 0 Å². The van der Waals surface area contributed by atoms with E-state index in [4.69, 9.17) is 0 Å². The summed E-state index contributed by atoms with van der Waals surface area (Å²) in [5.41, 5.74) is 0.793. The highest BCUT2D eigenvalue weighted by atomic mass is 32.2. The predicted octanol–water partition coefficient (Wildman–Crippen LogP) is 1.56. The highest BCUT2D eigenvalue weighted by molar-refractivity contribution is 7.89. The summed E-state index contributed by atoms with van der Waals surface area (Å²) in [5.74, 6) is 0. The molecule has 5 nitrogen and oxygen atoms in total. The van der Waals surface area contributed by atoms with Gasteiger partial charge in [-0.05, 0) is 32.4 Å². The number of benzene rings is 1. The molecule has 1 fully saturated rings. The Morgan fingerprint density at radius 2 is 2.05 bits per heavy atom. The molecule has 118 valence electrons. The van der Waals surface area contributed by atoms with Crippen molar-refractivity contribution in [3.05, 3.63) is 24.3 Å². The van der Waals surface area contributed by atoms with Crippen LogP contribution in [0.15, 0.2) is 29.2 Å². The minimum atomic E-state index is -3.46. The standard InChI is InChI=1S/C15H25N3O2S/c1-4-9-17-21(19,20)15-8-6-5-7-14(15)18-11-12(2)16-10-13(18)3/h5-8,12-13,16-17H,4,9-11H2,1-3H3. The van der Waals surface area contributed by atoms with Gasteiger partial charge in [0.25, 0.3) is 0 Å². The minimum Gasteiger partial charge on any atom is -0.365 e. The number of rotatable bonds is 5. The fourth-order valence-corrected chi connectivity index (χ4v) is 3.94. The molecule has 1 aliphatic heterocycles. The Kier molecular flexibility index (Phi) is 5.24. The molecule has 2 N–H and O–H groups in total. The van der Waals surface area contributed by atoms with Crippen LogP contribution in [0.1, 0.15) is 27.2 Å². The predicted molar refractivity (Wildman–Crippen MR) is 86.2 cm³/mol. The zero-order valence-electron chi connectivity index (χ0n) is 13.0. The minimum absolute atomic E-state index is 0.267. The highest BCUT2D eigenvalue weighted by Gasteiger charge is 2.27. The number of nitrogens with zero attached hydrogens (tertiary/aromatic N) is 1. The SMILES string of the molecule is CCCNS(=O)(=O)c1ccccc1N1CC(C)NCC1C. The Labute approximate surface area is 127 Å². The monoisotopic (exact) mass is 311 g/mol. The summed E-state index contributed by atoms with van der Waals surface area (Å²) in [6, 6.07) is 7.87. The Bertz CT molecular complexity index is 574. The molecule has 0 aliphatic carbocycles. The molecule has 0 radical (unpaired) electrons. The van der Waals surface area contributed by atoms with Gasteiger partial charge in [0.1, 0.15) is 4.90 Å². The topological polar surface area (TPSA) is 61.4 Å². The molecule has 0 saturated carbocycles. The van der Waals surface area contributed by atoms with Crippen LogP contribution in [-0.4, -0.2) is 40.1 Å². The number of nitrogens with one attached hydrogen (secondary N) is 2. The lowest BCUT2D eigenvalue weighted by Crippen LogP contribution is -2.54. The third-order valence-electron chi connectivity index (χ3n) is 3.77. The molecular formula is C15H25N3O2S. The van der Waals surface area contributed by atoms with E-state index >= 15 is 0 Å². The van der Waals surface area contributed by atoms with Crippen molar-refractivity contribution in [2.45, 2.75) is 44.2 Å². The van der Waals surface area contributed by atoms with Crippen molar-refractivity contribution >= 4 is 15.7 Å². The number of sulfonamides is 1. The van der Waals surface area contributed by atoms with Gasteiger partial charge in [0.2, 0.25) is 10.0 Å². The van der Waals surface area contributed by atoms with Gasteiger partial charge in [0.15, 0.2) is 0 Å². The number of hydrogen-bond donors (Lipinski definition) is 2. The van der Waals surface area contributed by atoms with Crippen LogP contribution < -0.4 is 14.9 Å². The van der Waals surface area contributed by atoms with Crippen LogP contribution >= 0.6 is 0 Å². The smallest absolute Gasteiger partial charge is 0.242 e. The first kappa shape index (κ1) is 16.3. The molecule has 21 heavy (non-hydrogen) atoms. The molecule has 1 heterocycles. The molecule has 1 aliphatic rings. The summed E-state index contributed by atoms with van der Waals surface area (Å²) in [5, 5.41) is 3.42. The van der Waals surface area contributed by atoms with Crippen molar-refractivity contribution in [2.75, 3.05) is 24.5 Å². The molecule has 1 saturated heterocycles. The van der Waals surface area contributed by atoms with Crippen LogP contribution in [-0.2, 0) is 10.0 Å². The summed E-state index contributed by atoms with van der Waals surface area (Å²) < 4.78 is 27.6. The van der Waals surface area contributed by atoms with Crippen LogP contribution in [0.4, 0.5) is 5.69 Å². The maximum Gasteiger partial charge on any atom is 0.242 e. The molecule has 0 bridgehead atoms. The van der Waals surface area contributed by atoms with Crippen LogP contribution in [0, 0.1) is 0 Å². The fraction of sp³-hybridized carbons (Fsp3) is 0.600. The van der Waals surface area contributed by atoms with Gasteiger partial charge in [-0.3, -0.25) is 0 Å². The second-order valence-electron chi connectivity index (χ2n) is 5.68. The Hall–Kier alpha value is -1.11. The molecule has 0 amide bonds. The molecule has 0 spiro atoms. The van der Waals surface area contributed by atoms with E-state index in [2.05, 4.69) is 28.8 Å². The normalized spacial score (nSPS) is 23.3. The van der Waals surface area contributed by atoms with E-state index in [0.29, 0.717) is 17.5 Å². The maximum absolute atomic E-state index is 12.5. The van der Waals surface area contributed by atoms with Gasteiger partial charge in [-0.25, -0.2) is 13.1 Å².